The summed E-state index contributed by atoms with van der Waals surface area (Å²) in [7, 11) is 0. The molecule has 3 rings (SSSR count). The fraction of sp³-hybridized carbons (Fsp3) is 0.118. The highest BCUT2D eigenvalue weighted by atomic mass is 19.2. The summed E-state index contributed by atoms with van der Waals surface area (Å²) in [6.45, 7) is 0. The van der Waals surface area contributed by atoms with E-state index in [1.54, 1.807) is 18.5 Å². The van der Waals surface area contributed by atoms with Crippen molar-refractivity contribution in [1.29, 1.82) is 0 Å². The maximum absolute atomic E-state index is 13.1. The molecular weight excluding hydrogens is 314 g/mol. The highest BCUT2D eigenvalue weighted by Gasteiger charge is 2.09. The number of nitrogens with zero attached hydrogens (tertiary/aromatic N) is 2. The van der Waals surface area contributed by atoms with Crippen molar-refractivity contribution < 1.29 is 13.6 Å². The van der Waals surface area contributed by atoms with Gasteiger partial charge in [-0.05, 0) is 36.2 Å². The number of hydrogen-bond acceptors (Lipinski definition) is 3. The van der Waals surface area contributed by atoms with Gasteiger partial charge in [0.2, 0.25) is 5.91 Å². The van der Waals surface area contributed by atoms with Crippen molar-refractivity contribution in [2.24, 2.45) is 0 Å². The monoisotopic (exact) mass is 328 g/mol. The summed E-state index contributed by atoms with van der Waals surface area (Å²) in [5, 5.41) is 9.52. The molecule has 0 radical (unpaired) electrons. The van der Waals surface area contributed by atoms with Crippen LogP contribution in [0.1, 0.15) is 12.0 Å². The Hall–Kier alpha value is -3.09. The van der Waals surface area contributed by atoms with Crippen LogP contribution in [0.2, 0.25) is 0 Å². The Morgan fingerprint density at radius 2 is 1.88 bits per heavy atom. The maximum Gasteiger partial charge on any atom is 0.225 e. The van der Waals surface area contributed by atoms with E-state index < -0.39 is 11.6 Å². The normalized spacial score (nSPS) is 10.6. The van der Waals surface area contributed by atoms with Crippen molar-refractivity contribution in [2.45, 2.75) is 12.8 Å². The number of aromatic amines is 1. The number of halogens is 2. The molecule has 24 heavy (non-hydrogen) atoms. The second kappa shape index (κ2) is 6.99. The van der Waals surface area contributed by atoms with Crippen LogP contribution >= 0.6 is 0 Å². The number of hydrogen-bond donors (Lipinski definition) is 2. The third kappa shape index (κ3) is 3.81. The number of amides is 1. The van der Waals surface area contributed by atoms with Gasteiger partial charge in [0.05, 0.1) is 5.69 Å². The van der Waals surface area contributed by atoms with Crippen LogP contribution in [0.15, 0.2) is 48.8 Å². The lowest BCUT2D eigenvalue weighted by atomic mass is 10.1. The average molecular weight is 328 g/mol. The van der Waals surface area contributed by atoms with E-state index in [0.717, 1.165) is 23.4 Å². The Labute approximate surface area is 136 Å². The Balaban J connectivity index is 1.57. The zero-order valence-electron chi connectivity index (χ0n) is 12.6. The smallest absolute Gasteiger partial charge is 0.225 e. The summed E-state index contributed by atoms with van der Waals surface area (Å²) in [6, 6.07) is 8.97. The van der Waals surface area contributed by atoms with Crippen LogP contribution in [-0.4, -0.2) is 21.1 Å². The fourth-order valence-electron chi connectivity index (χ4n) is 2.22. The first-order chi connectivity index (χ1) is 11.6. The number of pyridine rings is 1. The molecule has 3 aromatic rings. The number of benzene rings is 1. The van der Waals surface area contributed by atoms with Gasteiger partial charge in [0.15, 0.2) is 17.5 Å². The fourth-order valence-corrected chi connectivity index (χ4v) is 2.22. The van der Waals surface area contributed by atoms with E-state index in [2.05, 4.69) is 20.5 Å². The Kier molecular flexibility index (Phi) is 4.60. The standard InChI is InChI=1S/C17H14F2N4O/c18-13-3-1-11(9-14(13)19)2-4-17(24)21-16-10-15(22-23-16)12-5-7-20-8-6-12/h1,3,5-10H,2,4H2,(H2,21,22,23,24). The number of rotatable bonds is 5. The van der Waals surface area contributed by atoms with E-state index in [9.17, 15) is 13.6 Å². The number of nitrogens with one attached hydrogen (secondary N) is 2. The number of carbonyl (C=O) groups is 1. The van der Waals surface area contributed by atoms with Crippen molar-refractivity contribution in [3.63, 3.8) is 0 Å². The molecule has 2 aromatic heterocycles. The molecular formula is C17H14F2N4O. The van der Waals surface area contributed by atoms with Crippen LogP contribution < -0.4 is 5.32 Å². The lowest BCUT2D eigenvalue weighted by Gasteiger charge is -2.03. The summed E-state index contributed by atoms with van der Waals surface area (Å²) in [5.74, 6) is -1.67. The quantitative estimate of drug-likeness (QED) is 0.755. The van der Waals surface area contributed by atoms with E-state index in [0.29, 0.717) is 17.8 Å². The number of carbonyl (C=O) groups excluding carboxylic acids is 1. The molecule has 1 aromatic carbocycles. The van der Waals surface area contributed by atoms with Gasteiger partial charge in [0, 0.05) is 30.4 Å². The molecule has 2 heterocycles. The summed E-state index contributed by atoms with van der Waals surface area (Å²) in [5.41, 5.74) is 2.22. The molecule has 0 spiro atoms. The molecule has 0 aliphatic carbocycles. The molecule has 0 fully saturated rings. The molecule has 5 nitrogen and oxygen atoms in total. The predicted octanol–water partition coefficient (Wildman–Crippen LogP) is 3.32. The third-order valence-electron chi connectivity index (χ3n) is 3.46. The number of aromatic nitrogens is 3. The van der Waals surface area contributed by atoms with Gasteiger partial charge in [-0.25, -0.2) is 8.78 Å². The first-order valence-corrected chi connectivity index (χ1v) is 7.31. The minimum absolute atomic E-state index is 0.141. The minimum Gasteiger partial charge on any atom is -0.309 e. The van der Waals surface area contributed by atoms with Gasteiger partial charge in [-0.1, -0.05) is 6.07 Å². The van der Waals surface area contributed by atoms with Crippen LogP contribution in [0.3, 0.4) is 0 Å². The highest BCUT2D eigenvalue weighted by Crippen LogP contribution is 2.18. The predicted molar refractivity (Wildman–Crippen MR) is 85.1 cm³/mol. The summed E-state index contributed by atoms with van der Waals surface area (Å²) >= 11 is 0. The van der Waals surface area contributed by atoms with E-state index in [-0.39, 0.29) is 12.3 Å². The lowest BCUT2D eigenvalue weighted by Crippen LogP contribution is -2.12. The van der Waals surface area contributed by atoms with Crippen LogP contribution in [0, 0.1) is 11.6 Å². The zero-order chi connectivity index (χ0) is 16.9. The van der Waals surface area contributed by atoms with Crippen LogP contribution in [-0.2, 0) is 11.2 Å². The van der Waals surface area contributed by atoms with E-state index in [1.807, 2.05) is 12.1 Å². The molecule has 0 aliphatic rings. The summed E-state index contributed by atoms with van der Waals surface area (Å²) in [4.78, 5) is 15.9. The van der Waals surface area contributed by atoms with Gasteiger partial charge in [0.25, 0.3) is 0 Å². The van der Waals surface area contributed by atoms with Crippen molar-refractivity contribution in [3.05, 3.63) is 66.0 Å². The molecule has 0 aliphatic heterocycles. The Morgan fingerprint density at radius 3 is 2.62 bits per heavy atom. The molecule has 0 unspecified atom stereocenters. The molecule has 0 saturated carbocycles. The maximum atomic E-state index is 13.1. The lowest BCUT2D eigenvalue weighted by molar-refractivity contribution is -0.116. The van der Waals surface area contributed by atoms with Gasteiger partial charge in [-0.15, -0.1) is 0 Å². The number of anilines is 1. The molecule has 7 heteroatoms. The van der Waals surface area contributed by atoms with Crippen LogP contribution in [0.4, 0.5) is 14.6 Å². The summed E-state index contributed by atoms with van der Waals surface area (Å²) < 4.78 is 26.0. The zero-order valence-corrected chi connectivity index (χ0v) is 12.6. The molecule has 122 valence electrons. The Bertz CT molecular complexity index is 849. The van der Waals surface area contributed by atoms with Gasteiger partial charge in [0.1, 0.15) is 0 Å². The van der Waals surface area contributed by atoms with Gasteiger partial charge in [-0.3, -0.25) is 14.9 Å². The van der Waals surface area contributed by atoms with Crippen LogP contribution in [0.5, 0.6) is 0 Å². The van der Waals surface area contributed by atoms with E-state index >= 15 is 0 Å². The topological polar surface area (TPSA) is 70.7 Å². The second-order valence-corrected chi connectivity index (χ2v) is 5.20. The van der Waals surface area contributed by atoms with Crippen molar-refractivity contribution in [3.8, 4) is 11.3 Å². The van der Waals surface area contributed by atoms with Crippen LogP contribution in [0.25, 0.3) is 11.3 Å². The SMILES string of the molecule is O=C(CCc1ccc(F)c(F)c1)Nc1cc(-c2ccncc2)[nH]n1. The molecule has 2 N–H and O–H groups in total. The Morgan fingerprint density at radius 1 is 1.08 bits per heavy atom. The summed E-state index contributed by atoms with van der Waals surface area (Å²) in [6.07, 6.45) is 3.78. The number of aryl methyl sites for hydroxylation is 1. The van der Waals surface area contributed by atoms with Crippen molar-refractivity contribution in [2.75, 3.05) is 5.32 Å². The first kappa shape index (κ1) is 15.8. The molecule has 0 bridgehead atoms. The number of H-pyrrole nitrogens is 1. The third-order valence-corrected chi connectivity index (χ3v) is 3.46. The minimum atomic E-state index is -0.915. The van der Waals surface area contributed by atoms with E-state index in [4.69, 9.17) is 0 Å². The van der Waals surface area contributed by atoms with Gasteiger partial charge >= 0.3 is 0 Å². The largest absolute Gasteiger partial charge is 0.309 e. The van der Waals surface area contributed by atoms with Gasteiger partial charge < -0.3 is 5.32 Å². The van der Waals surface area contributed by atoms with Crippen molar-refractivity contribution >= 4 is 11.7 Å². The van der Waals surface area contributed by atoms with E-state index in [1.165, 1.54) is 6.07 Å². The van der Waals surface area contributed by atoms with Crippen molar-refractivity contribution in [1.82, 2.24) is 15.2 Å². The first-order valence-electron chi connectivity index (χ1n) is 7.31. The van der Waals surface area contributed by atoms with Gasteiger partial charge in [-0.2, -0.15) is 5.10 Å². The highest BCUT2D eigenvalue weighted by molar-refractivity contribution is 5.90. The molecule has 0 atom stereocenters. The average Bonchev–Trinajstić information content (AvgIpc) is 3.05. The molecule has 0 saturated heterocycles. The molecule has 1 amide bonds. The second-order valence-electron chi connectivity index (χ2n) is 5.20.